The molecule has 3 rings (SSSR count). The van der Waals surface area contributed by atoms with Gasteiger partial charge in [-0.15, -0.1) is 0 Å². The van der Waals surface area contributed by atoms with E-state index in [1.54, 1.807) is 6.92 Å². The zero-order chi connectivity index (χ0) is 15.3. The van der Waals surface area contributed by atoms with Gasteiger partial charge < -0.3 is 4.98 Å². The lowest BCUT2D eigenvalue weighted by Crippen LogP contribution is -1.99. The smallest absolute Gasteiger partial charge is 0.182 e. The van der Waals surface area contributed by atoms with E-state index in [1.807, 2.05) is 0 Å². The van der Waals surface area contributed by atoms with Gasteiger partial charge in [0.25, 0.3) is 0 Å². The number of hydrogen-bond donors (Lipinski definition) is 1. The molecule has 7 heteroatoms. The van der Waals surface area contributed by atoms with Crippen LogP contribution < -0.4 is 0 Å². The zero-order valence-corrected chi connectivity index (χ0v) is 13.1. The number of H-pyrrole nitrogens is 1. The summed E-state index contributed by atoms with van der Waals surface area (Å²) < 4.78 is 42.7. The van der Waals surface area contributed by atoms with Crippen LogP contribution in [0.3, 0.4) is 0 Å². The van der Waals surface area contributed by atoms with E-state index < -0.39 is 17.5 Å². The van der Waals surface area contributed by atoms with Gasteiger partial charge in [-0.25, -0.2) is 13.2 Å². The van der Waals surface area contributed by atoms with Crippen LogP contribution in [0, 0.1) is 29.1 Å². The third-order valence-electron chi connectivity index (χ3n) is 3.19. The predicted molar refractivity (Wildman–Crippen MR) is 80.8 cm³/mol. The largest absolute Gasteiger partial charge is 0.328 e. The molecule has 0 aliphatic heterocycles. The first-order valence-electron chi connectivity index (χ1n) is 5.94. The van der Waals surface area contributed by atoms with Crippen LogP contribution in [0.2, 0.25) is 0 Å². The molecule has 108 valence electrons. The van der Waals surface area contributed by atoms with Crippen molar-refractivity contribution in [2.24, 2.45) is 0 Å². The van der Waals surface area contributed by atoms with Gasteiger partial charge in [-0.1, -0.05) is 0 Å². The van der Waals surface area contributed by atoms with Crippen LogP contribution in [0.15, 0.2) is 28.7 Å². The number of imidazole rings is 1. The monoisotopic (exact) mass is 372 g/mol. The van der Waals surface area contributed by atoms with Gasteiger partial charge in [0.05, 0.1) is 15.7 Å². The summed E-state index contributed by atoms with van der Waals surface area (Å²) in [5.41, 5.74) is 1.52. The van der Waals surface area contributed by atoms with Gasteiger partial charge >= 0.3 is 0 Å². The number of aromatic amines is 1. The second-order valence-electron chi connectivity index (χ2n) is 4.60. The molecular weight excluding hydrogens is 365 g/mol. The first-order valence-corrected chi connectivity index (χ1v) is 7.14. The normalized spacial score (nSPS) is 11.3. The highest BCUT2D eigenvalue weighted by Gasteiger charge is 2.15. The number of benzene rings is 2. The van der Waals surface area contributed by atoms with Crippen molar-refractivity contribution in [3.8, 4) is 5.69 Å². The average Bonchev–Trinajstić information content (AvgIpc) is 2.71. The van der Waals surface area contributed by atoms with E-state index in [0.29, 0.717) is 11.3 Å². The summed E-state index contributed by atoms with van der Waals surface area (Å²) in [4.78, 5) is 2.71. The number of halogens is 4. The summed E-state index contributed by atoms with van der Waals surface area (Å²) in [7, 11) is 0. The Hall–Kier alpha value is -1.60. The van der Waals surface area contributed by atoms with Crippen LogP contribution in [0.25, 0.3) is 16.7 Å². The number of nitrogens with zero attached hydrogens (tertiary/aromatic N) is 1. The molecule has 0 bridgehead atoms. The van der Waals surface area contributed by atoms with E-state index in [4.69, 9.17) is 12.2 Å². The van der Waals surface area contributed by atoms with Crippen LogP contribution in [0.1, 0.15) is 5.56 Å². The quantitative estimate of drug-likeness (QED) is 0.584. The number of fused-ring (bicyclic) bond motifs is 1. The van der Waals surface area contributed by atoms with E-state index in [9.17, 15) is 13.2 Å². The lowest BCUT2D eigenvalue weighted by molar-refractivity contribution is 0.590. The molecule has 0 saturated carbocycles. The van der Waals surface area contributed by atoms with Crippen molar-refractivity contribution in [1.82, 2.24) is 9.55 Å². The number of hydrogen-bond acceptors (Lipinski definition) is 1. The summed E-state index contributed by atoms with van der Waals surface area (Å²) in [6.45, 7) is 1.70. The molecule has 0 fully saturated rings. The lowest BCUT2D eigenvalue weighted by atomic mass is 10.2. The fourth-order valence-electron chi connectivity index (χ4n) is 2.25. The molecule has 0 radical (unpaired) electrons. The fourth-order valence-corrected chi connectivity index (χ4v) is 2.88. The highest BCUT2D eigenvalue weighted by atomic mass is 79.9. The molecule has 0 aliphatic carbocycles. The summed E-state index contributed by atoms with van der Waals surface area (Å²) >= 11 is 8.29. The number of rotatable bonds is 1. The van der Waals surface area contributed by atoms with Crippen LogP contribution in [0.5, 0.6) is 0 Å². The van der Waals surface area contributed by atoms with Crippen molar-refractivity contribution in [3.05, 3.63) is 56.5 Å². The zero-order valence-electron chi connectivity index (χ0n) is 10.7. The molecule has 0 amide bonds. The molecule has 3 aromatic rings. The number of nitrogens with one attached hydrogen (secondary N) is 1. The molecule has 1 N–H and O–H groups in total. The second kappa shape index (κ2) is 4.99. The maximum atomic E-state index is 13.8. The minimum atomic E-state index is -0.728. The van der Waals surface area contributed by atoms with Gasteiger partial charge in [0.2, 0.25) is 0 Å². The third kappa shape index (κ3) is 2.30. The second-order valence-corrected chi connectivity index (χ2v) is 5.84. The minimum Gasteiger partial charge on any atom is -0.328 e. The van der Waals surface area contributed by atoms with Gasteiger partial charge in [-0.3, -0.25) is 4.57 Å². The SMILES string of the molecule is Cc1cc(F)c(Br)cc1-n1c(=S)[nH]c2c(F)cc(F)cc21. The van der Waals surface area contributed by atoms with Gasteiger partial charge in [-0.2, -0.15) is 0 Å². The van der Waals surface area contributed by atoms with E-state index in [1.165, 1.54) is 22.8 Å². The van der Waals surface area contributed by atoms with Crippen LogP contribution >= 0.6 is 28.1 Å². The van der Waals surface area contributed by atoms with E-state index in [0.717, 1.165) is 6.07 Å². The van der Waals surface area contributed by atoms with Crippen molar-refractivity contribution in [3.63, 3.8) is 0 Å². The van der Waals surface area contributed by atoms with Crippen molar-refractivity contribution in [2.45, 2.75) is 6.92 Å². The van der Waals surface area contributed by atoms with Crippen LogP contribution in [-0.2, 0) is 0 Å². The minimum absolute atomic E-state index is 0.112. The molecule has 2 aromatic carbocycles. The Morgan fingerprint density at radius 2 is 1.81 bits per heavy atom. The molecule has 1 aromatic heterocycles. The predicted octanol–water partition coefficient (Wildman–Crippen LogP) is 5.18. The highest BCUT2D eigenvalue weighted by Crippen LogP contribution is 2.28. The Kier molecular flexibility index (Phi) is 3.41. The Balaban J connectivity index is 2.43. The average molecular weight is 373 g/mol. The molecule has 0 spiro atoms. The van der Waals surface area contributed by atoms with Crippen molar-refractivity contribution in [2.75, 3.05) is 0 Å². The third-order valence-corrected chi connectivity index (χ3v) is 4.08. The van der Waals surface area contributed by atoms with Gasteiger partial charge in [0.1, 0.15) is 17.2 Å². The van der Waals surface area contributed by atoms with Gasteiger partial charge in [0.15, 0.2) is 10.6 Å². The number of aromatic nitrogens is 2. The molecule has 0 aliphatic rings. The Morgan fingerprint density at radius 1 is 1.10 bits per heavy atom. The van der Waals surface area contributed by atoms with Crippen LogP contribution in [-0.4, -0.2) is 9.55 Å². The molecular formula is C14H8BrF3N2S. The van der Waals surface area contributed by atoms with E-state index >= 15 is 0 Å². The molecule has 1 heterocycles. The standard InChI is InChI=1S/C14H8BrF3N2S/c1-6-2-9(17)8(15)5-11(6)20-12-4-7(16)3-10(18)13(12)19-14(20)21/h2-5H,1H3,(H,19,21). The molecule has 0 saturated heterocycles. The highest BCUT2D eigenvalue weighted by molar-refractivity contribution is 9.10. The molecule has 21 heavy (non-hydrogen) atoms. The van der Waals surface area contributed by atoms with E-state index in [2.05, 4.69) is 20.9 Å². The summed E-state index contributed by atoms with van der Waals surface area (Å²) in [5, 5.41) is 0. The Labute approximate surface area is 131 Å². The van der Waals surface area contributed by atoms with Crippen molar-refractivity contribution in [1.29, 1.82) is 0 Å². The topological polar surface area (TPSA) is 20.7 Å². The first-order chi connectivity index (χ1) is 9.88. The van der Waals surface area contributed by atoms with Crippen LogP contribution in [0.4, 0.5) is 13.2 Å². The Morgan fingerprint density at radius 3 is 2.52 bits per heavy atom. The maximum absolute atomic E-state index is 13.8. The maximum Gasteiger partial charge on any atom is 0.182 e. The summed E-state index contributed by atoms with van der Waals surface area (Å²) in [6.07, 6.45) is 0. The van der Waals surface area contributed by atoms with E-state index in [-0.39, 0.29) is 20.3 Å². The van der Waals surface area contributed by atoms with Gasteiger partial charge in [-0.05, 0) is 52.8 Å². The summed E-state index contributed by atoms with van der Waals surface area (Å²) in [5.74, 6) is -1.85. The van der Waals surface area contributed by atoms with Crippen molar-refractivity contribution < 1.29 is 13.2 Å². The first kappa shape index (κ1) is 14.3. The molecule has 0 unspecified atom stereocenters. The fraction of sp³-hybridized carbons (Fsp3) is 0.0714. The Bertz CT molecular complexity index is 930. The van der Waals surface area contributed by atoms with Gasteiger partial charge in [0, 0.05) is 12.1 Å². The molecule has 0 atom stereocenters. The summed E-state index contributed by atoms with van der Waals surface area (Å²) in [6, 6.07) is 4.82. The molecule has 2 nitrogen and oxygen atoms in total. The number of aryl methyl sites for hydroxylation is 1. The van der Waals surface area contributed by atoms with Crippen molar-refractivity contribution >= 4 is 39.2 Å². The lowest BCUT2D eigenvalue weighted by Gasteiger charge is -2.10.